The molecule has 4 rings (SSSR count). The van der Waals surface area contributed by atoms with E-state index in [4.69, 9.17) is 0 Å². The van der Waals surface area contributed by atoms with Gasteiger partial charge in [-0.25, -0.2) is 22.2 Å². The van der Waals surface area contributed by atoms with Gasteiger partial charge in [-0.05, 0) is 25.1 Å². The Labute approximate surface area is 157 Å². The van der Waals surface area contributed by atoms with Gasteiger partial charge in [0.15, 0.2) is 5.82 Å². The van der Waals surface area contributed by atoms with Crippen LogP contribution < -0.4 is 9.03 Å². The third kappa shape index (κ3) is 2.79. The van der Waals surface area contributed by atoms with E-state index >= 15 is 4.39 Å². The number of phenolic OH excluding ortho intramolecular Hbond substituents is 1. The predicted molar refractivity (Wildman–Crippen MR) is 91.7 cm³/mol. The van der Waals surface area contributed by atoms with Crippen LogP contribution in [0.3, 0.4) is 0 Å². The number of aromatic hydroxyl groups is 1. The summed E-state index contributed by atoms with van der Waals surface area (Å²) < 4.78 is 69.6. The maximum absolute atomic E-state index is 15.2. The molecule has 0 radical (unpaired) electrons. The topological polar surface area (TPSA) is 105 Å². The summed E-state index contributed by atoms with van der Waals surface area (Å²) in [7, 11) is -4.35. The molecule has 1 atom stereocenters. The number of alkyl halides is 2. The summed E-state index contributed by atoms with van der Waals surface area (Å²) in [6.45, 7) is 1.29. The lowest BCUT2D eigenvalue weighted by Gasteiger charge is -2.18. The first kappa shape index (κ1) is 18.6. The number of aryl methyl sites for hydroxylation is 1. The number of aromatic nitrogens is 2. The number of carbonyl (C=O) groups is 1. The minimum Gasteiger partial charge on any atom is -0.506 e. The summed E-state index contributed by atoms with van der Waals surface area (Å²) >= 11 is 0. The molecule has 1 aliphatic carbocycles. The maximum atomic E-state index is 15.2. The number of anilines is 1. The summed E-state index contributed by atoms with van der Waals surface area (Å²) in [6.07, 6.45) is -0.318. The zero-order valence-corrected chi connectivity index (χ0v) is 15.3. The van der Waals surface area contributed by atoms with Crippen molar-refractivity contribution in [1.82, 2.24) is 14.5 Å². The molecule has 0 bridgehead atoms. The molecule has 150 valence electrons. The fourth-order valence-electron chi connectivity index (χ4n) is 3.27. The Morgan fingerprint density at radius 1 is 1.39 bits per heavy atom. The lowest BCUT2D eigenvalue weighted by Crippen LogP contribution is -2.30. The molecule has 1 unspecified atom stereocenters. The van der Waals surface area contributed by atoms with Gasteiger partial charge >= 0.3 is 10.2 Å². The van der Waals surface area contributed by atoms with Crippen LogP contribution in [-0.2, 0) is 21.5 Å². The quantitative estimate of drug-likeness (QED) is 0.790. The number of rotatable bonds is 4. The van der Waals surface area contributed by atoms with Gasteiger partial charge in [0.1, 0.15) is 18.0 Å². The predicted octanol–water partition coefficient (Wildman–Crippen LogP) is 1.72. The van der Waals surface area contributed by atoms with Gasteiger partial charge in [0.25, 0.3) is 11.8 Å². The van der Waals surface area contributed by atoms with E-state index in [1.54, 1.807) is 11.6 Å². The molecule has 1 amide bonds. The van der Waals surface area contributed by atoms with Crippen LogP contribution in [0.2, 0.25) is 0 Å². The molecule has 2 N–H and O–H groups in total. The zero-order valence-electron chi connectivity index (χ0n) is 14.5. The van der Waals surface area contributed by atoms with Gasteiger partial charge in [-0.15, -0.1) is 0 Å². The van der Waals surface area contributed by atoms with Crippen LogP contribution in [0, 0.1) is 5.82 Å². The van der Waals surface area contributed by atoms with Crippen molar-refractivity contribution in [3.8, 4) is 17.0 Å². The SMILES string of the molecule is CCn1nc(-c2ccc(O)c(N3CC(=O)NS3(=O)=O)c2F)cc1C1CC1(F)F. The van der Waals surface area contributed by atoms with Gasteiger partial charge in [0.05, 0.1) is 11.6 Å². The number of nitrogens with one attached hydrogen (secondary N) is 1. The van der Waals surface area contributed by atoms with Gasteiger partial charge in [0.2, 0.25) is 0 Å². The average molecular weight is 416 g/mol. The molecule has 1 aromatic carbocycles. The molecule has 12 heteroatoms. The highest BCUT2D eigenvalue weighted by atomic mass is 32.2. The fourth-order valence-corrected chi connectivity index (χ4v) is 4.43. The first-order valence-electron chi connectivity index (χ1n) is 8.36. The molecule has 1 saturated carbocycles. The van der Waals surface area contributed by atoms with Crippen molar-refractivity contribution in [2.45, 2.75) is 31.7 Å². The van der Waals surface area contributed by atoms with Gasteiger partial charge in [-0.2, -0.15) is 13.5 Å². The Morgan fingerprint density at radius 2 is 2.07 bits per heavy atom. The fraction of sp³-hybridized carbons (Fsp3) is 0.375. The third-order valence-electron chi connectivity index (χ3n) is 4.73. The van der Waals surface area contributed by atoms with Crippen LogP contribution in [0.25, 0.3) is 11.3 Å². The minimum absolute atomic E-state index is 0.0224. The lowest BCUT2D eigenvalue weighted by molar-refractivity contribution is -0.117. The van der Waals surface area contributed by atoms with Crippen LogP contribution >= 0.6 is 0 Å². The number of benzene rings is 1. The summed E-state index contributed by atoms with van der Waals surface area (Å²) in [6, 6.07) is 3.56. The normalized spacial score (nSPS) is 22.4. The molecule has 28 heavy (non-hydrogen) atoms. The van der Waals surface area contributed by atoms with E-state index in [2.05, 4.69) is 5.10 Å². The van der Waals surface area contributed by atoms with Crippen molar-refractivity contribution in [2.75, 3.05) is 10.8 Å². The Hall–Kier alpha value is -2.76. The van der Waals surface area contributed by atoms with Crippen LogP contribution in [0.15, 0.2) is 18.2 Å². The highest BCUT2D eigenvalue weighted by Crippen LogP contribution is 2.56. The highest BCUT2D eigenvalue weighted by molar-refractivity contribution is 7.92. The third-order valence-corrected chi connectivity index (χ3v) is 6.11. The van der Waals surface area contributed by atoms with Crippen LogP contribution in [0.1, 0.15) is 25.0 Å². The van der Waals surface area contributed by atoms with Crippen molar-refractivity contribution in [2.24, 2.45) is 0 Å². The smallest absolute Gasteiger partial charge is 0.326 e. The van der Waals surface area contributed by atoms with Gasteiger partial charge < -0.3 is 5.11 Å². The number of phenols is 1. The summed E-state index contributed by atoms with van der Waals surface area (Å²) in [4.78, 5) is 11.4. The van der Waals surface area contributed by atoms with E-state index in [-0.39, 0.29) is 29.9 Å². The molecular weight excluding hydrogens is 401 g/mol. The first-order chi connectivity index (χ1) is 13.0. The molecule has 2 fully saturated rings. The number of amides is 1. The van der Waals surface area contributed by atoms with E-state index < -0.39 is 51.8 Å². The second kappa shape index (κ2) is 5.87. The zero-order chi connectivity index (χ0) is 20.4. The second-order valence-corrected chi connectivity index (χ2v) is 8.21. The molecule has 2 heterocycles. The lowest BCUT2D eigenvalue weighted by atomic mass is 10.1. The first-order valence-corrected chi connectivity index (χ1v) is 9.80. The summed E-state index contributed by atoms with van der Waals surface area (Å²) in [5.41, 5.74) is -0.615. The monoisotopic (exact) mass is 416 g/mol. The highest BCUT2D eigenvalue weighted by Gasteiger charge is 2.59. The summed E-state index contributed by atoms with van der Waals surface area (Å²) in [5, 5.41) is 14.2. The largest absolute Gasteiger partial charge is 0.506 e. The van der Waals surface area contributed by atoms with Gasteiger partial charge in [-0.3, -0.25) is 9.48 Å². The Kier molecular flexibility index (Phi) is 3.90. The van der Waals surface area contributed by atoms with Crippen molar-refractivity contribution in [1.29, 1.82) is 0 Å². The number of carbonyl (C=O) groups excluding carboxylic acids is 1. The molecule has 1 aliphatic heterocycles. The molecule has 1 aromatic heterocycles. The number of hydrogen-bond donors (Lipinski definition) is 2. The van der Waals surface area contributed by atoms with Crippen molar-refractivity contribution >= 4 is 21.8 Å². The summed E-state index contributed by atoms with van der Waals surface area (Å²) in [5.74, 6) is -6.54. The second-order valence-electron chi connectivity index (χ2n) is 6.62. The minimum atomic E-state index is -4.35. The molecular formula is C16H15F3N4O4S. The standard InChI is InChI=1S/C16H15F3N4O4S/c1-2-22-11(9-6-16(9,18)19)5-10(20-22)8-3-4-12(24)15(14(8)17)23-7-13(25)21-28(23,26)27/h3-5,9,24H,2,6-7H2,1H3,(H,21,25). The molecule has 1 saturated heterocycles. The Morgan fingerprint density at radius 3 is 2.61 bits per heavy atom. The van der Waals surface area contributed by atoms with E-state index in [0.717, 1.165) is 6.07 Å². The maximum Gasteiger partial charge on any atom is 0.326 e. The van der Waals surface area contributed by atoms with Crippen molar-refractivity contribution in [3.63, 3.8) is 0 Å². The Bertz CT molecular complexity index is 1100. The van der Waals surface area contributed by atoms with Crippen LogP contribution in [0.5, 0.6) is 5.75 Å². The molecule has 8 nitrogen and oxygen atoms in total. The average Bonchev–Trinajstić information content (AvgIpc) is 2.93. The molecule has 2 aliphatic rings. The number of halogens is 3. The molecule has 0 spiro atoms. The Balaban J connectivity index is 1.82. The van der Waals surface area contributed by atoms with Crippen molar-refractivity contribution in [3.05, 3.63) is 29.7 Å². The number of hydrogen-bond acceptors (Lipinski definition) is 5. The van der Waals surface area contributed by atoms with Crippen LogP contribution in [-0.4, -0.2) is 41.7 Å². The van der Waals surface area contributed by atoms with E-state index in [9.17, 15) is 27.1 Å². The van der Waals surface area contributed by atoms with Gasteiger partial charge in [-0.1, -0.05) is 0 Å². The van der Waals surface area contributed by atoms with E-state index in [1.807, 2.05) is 0 Å². The molecule has 2 aromatic rings. The van der Waals surface area contributed by atoms with E-state index in [0.29, 0.717) is 4.31 Å². The van der Waals surface area contributed by atoms with Gasteiger partial charge in [0, 0.05) is 24.2 Å². The van der Waals surface area contributed by atoms with Crippen molar-refractivity contribution < 1.29 is 31.5 Å². The van der Waals surface area contributed by atoms with E-state index in [1.165, 1.54) is 16.8 Å². The number of nitrogens with zero attached hydrogens (tertiary/aromatic N) is 3. The van der Waals surface area contributed by atoms with Crippen LogP contribution in [0.4, 0.5) is 18.9 Å².